The largest absolute Gasteiger partial charge is 0.468 e. The van der Waals surface area contributed by atoms with Gasteiger partial charge in [0, 0.05) is 16.8 Å². The number of nitrogens with one attached hydrogen (secondary N) is 1. The number of hydrogen-bond acceptors (Lipinski definition) is 5. The molecule has 0 aromatic heterocycles. The Morgan fingerprint density at radius 3 is 3.00 bits per heavy atom. The summed E-state index contributed by atoms with van der Waals surface area (Å²) in [5.74, 6) is -0.843. The second-order valence-electron chi connectivity index (χ2n) is 4.58. The summed E-state index contributed by atoms with van der Waals surface area (Å²) in [5.41, 5.74) is 1.35. The van der Waals surface area contributed by atoms with E-state index in [0.29, 0.717) is 10.6 Å². The molecule has 2 rings (SSSR count). The number of methoxy groups -OCH3 is 1. The molecule has 114 valence electrons. The first-order chi connectivity index (χ1) is 10.5. The Morgan fingerprint density at radius 2 is 2.36 bits per heavy atom. The number of amides is 1. The Labute approximate surface area is 140 Å². The van der Waals surface area contributed by atoms with E-state index in [2.05, 4.69) is 32.1 Å². The topological polar surface area (TPSA) is 79.2 Å². The predicted molar refractivity (Wildman–Crippen MR) is 86.8 cm³/mol. The van der Waals surface area contributed by atoms with Gasteiger partial charge in [-0.25, -0.2) is 0 Å². The molecule has 1 aromatic carbocycles. The van der Waals surface area contributed by atoms with Gasteiger partial charge in [-0.05, 0) is 17.7 Å². The number of rotatable bonds is 4. The van der Waals surface area contributed by atoms with Gasteiger partial charge in [0.2, 0.25) is 5.91 Å². The van der Waals surface area contributed by atoms with E-state index in [-0.39, 0.29) is 24.0 Å². The van der Waals surface area contributed by atoms with Gasteiger partial charge in [-0.15, -0.1) is 0 Å². The summed E-state index contributed by atoms with van der Waals surface area (Å²) in [6.45, 7) is 0. The molecule has 0 unspecified atom stereocenters. The van der Waals surface area contributed by atoms with Gasteiger partial charge in [-0.2, -0.15) is 5.26 Å². The molecule has 0 fully saturated rings. The van der Waals surface area contributed by atoms with E-state index in [1.807, 2.05) is 24.3 Å². The standard InChI is InChI=1S/C15H13BrN2O3S/c1-21-14(20)8-22-15-12(7-17)11(6-13(19)18-15)9-3-2-4-10(16)5-9/h2-5,11H,6,8H2,1H3,(H,18,19)/t11-/m0/s1. The van der Waals surface area contributed by atoms with Crippen molar-refractivity contribution >= 4 is 39.6 Å². The first-order valence-electron chi connectivity index (χ1n) is 6.44. The lowest BCUT2D eigenvalue weighted by atomic mass is 9.87. The Bertz CT molecular complexity index is 682. The average Bonchev–Trinajstić information content (AvgIpc) is 2.51. The quantitative estimate of drug-likeness (QED) is 0.812. The van der Waals surface area contributed by atoms with Crippen LogP contribution in [0.2, 0.25) is 0 Å². The zero-order valence-corrected chi connectivity index (χ0v) is 14.2. The van der Waals surface area contributed by atoms with Gasteiger partial charge in [-0.3, -0.25) is 9.59 Å². The summed E-state index contributed by atoms with van der Waals surface area (Å²) >= 11 is 4.50. The molecule has 1 amide bonds. The molecule has 5 nitrogen and oxygen atoms in total. The number of nitriles is 1. The fraction of sp³-hybridized carbons (Fsp3) is 0.267. The van der Waals surface area contributed by atoms with Crippen molar-refractivity contribution in [2.45, 2.75) is 12.3 Å². The minimum Gasteiger partial charge on any atom is -0.468 e. The zero-order chi connectivity index (χ0) is 16.1. The minimum absolute atomic E-state index is 0.0441. The molecular weight excluding hydrogens is 368 g/mol. The van der Waals surface area contributed by atoms with Gasteiger partial charge in [0.25, 0.3) is 0 Å². The van der Waals surface area contributed by atoms with Crippen LogP contribution in [0.15, 0.2) is 39.3 Å². The van der Waals surface area contributed by atoms with Gasteiger partial charge in [0.15, 0.2) is 0 Å². The zero-order valence-electron chi connectivity index (χ0n) is 11.8. The Balaban J connectivity index is 2.34. The van der Waals surface area contributed by atoms with Crippen molar-refractivity contribution < 1.29 is 14.3 Å². The smallest absolute Gasteiger partial charge is 0.316 e. The van der Waals surface area contributed by atoms with Crippen molar-refractivity contribution in [3.8, 4) is 6.07 Å². The fourth-order valence-corrected chi connectivity index (χ4v) is 3.46. The van der Waals surface area contributed by atoms with Crippen molar-refractivity contribution in [3.63, 3.8) is 0 Å². The first kappa shape index (κ1) is 16.6. The molecule has 0 radical (unpaired) electrons. The Hall–Kier alpha value is -1.78. The highest BCUT2D eigenvalue weighted by molar-refractivity contribution is 9.10. The maximum atomic E-state index is 11.9. The van der Waals surface area contributed by atoms with E-state index in [9.17, 15) is 14.9 Å². The van der Waals surface area contributed by atoms with Gasteiger partial charge in [-0.1, -0.05) is 39.8 Å². The highest BCUT2D eigenvalue weighted by atomic mass is 79.9. The van der Waals surface area contributed by atoms with E-state index >= 15 is 0 Å². The molecule has 1 aliphatic rings. The molecule has 7 heteroatoms. The number of halogens is 1. The molecule has 1 atom stereocenters. The number of esters is 1. The predicted octanol–water partition coefficient (Wildman–Crippen LogP) is 2.69. The van der Waals surface area contributed by atoms with Crippen molar-refractivity contribution in [2.24, 2.45) is 0 Å². The van der Waals surface area contributed by atoms with E-state index < -0.39 is 5.97 Å². The van der Waals surface area contributed by atoms with Crippen LogP contribution in [-0.4, -0.2) is 24.7 Å². The molecular formula is C15H13BrN2O3S. The van der Waals surface area contributed by atoms with Gasteiger partial charge < -0.3 is 10.1 Å². The van der Waals surface area contributed by atoms with Crippen LogP contribution in [0.3, 0.4) is 0 Å². The van der Waals surface area contributed by atoms with Crippen molar-refractivity contribution in [2.75, 3.05) is 12.9 Å². The lowest BCUT2D eigenvalue weighted by molar-refractivity contribution is -0.137. The summed E-state index contributed by atoms with van der Waals surface area (Å²) in [7, 11) is 1.30. The Kier molecular flexibility index (Phi) is 5.63. The van der Waals surface area contributed by atoms with Gasteiger partial charge in [0.1, 0.15) is 0 Å². The highest BCUT2D eigenvalue weighted by Crippen LogP contribution is 2.36. The van der Waals surface area contributed by atoms with Gasteiger partial charge >= 0.3 is 5.97 Å². The average molecular weight is 381 g/mol. The van der Waals surface area contributed by atoms with Crippen LogP contribution in [0.1, 0.15) is 17.9 Å². The Morgan fingerprint density at radius 1 is 1.59 bits per heavy atom. The molecule has 0 bridgehead atoms. The fourth-order valence-electron chi connectivity index (χ4n) is 2.13. The number of thioether (sulfide) groups is 1. The molecule has 1 heterocycles. The van der Waals surface area contributed by atoms with Crippen molar-refractivity contribution in [3.05, 3.63) is 44.9 Å². The number of hydrogen-bond donors (Lipinski definition) is 1. The van der Waals surface area contributed by atoms with Crippen LogP contribution >= 0.6 is 27.7 Å². The molecule has 1 aromatic rings. The number of carbonyl (C=O) groups is 2. The summed E-state index contributed by atoms with van der Waals surface area (Å²) < 4.78 is 5.47. The van der Waals surface area contributed by atoms with E-state index in [1.54, 1.807) is 0 Å². The molecule has 0 aliphatic carbocycles. The second-order valence-corrected chi connectivity index (χ2v) is 6.48. The summed E-state index contributed by atoms with van der Waals surface area (Å²) in [6.07, 6.45) is 0.210. The van der Waals surface area contributed by atoms with Crippen LogP contribution in [0, 0.1) is 11.3 Å². The second kappa shape index (κ2) is 7.47. The molecule has 0 saturated carbocycles. The maximum absolute atomic E-state index is 11.9. The molecule has 22 heavy (non-hydrogen) atoms. The highest BCUT2D eigenvalue weighted by Gasteiger charge is 2.29. The van der Waals surface area contributed by atoms with Crippen LogP contribution < -0.4 is 5.32 Å². The lowest BCUT2D eigenvalue weighted by Gasteiger charge is -2.25. The number of allylic oxidation sites excluding steroid dienone is 1. The summed E-state index contributed by atoms with van der Waals surface area (Å²) in [5, 5.41) is 12.6. The third-order valence-corrected chi connectivity index (χ3v) is 4.65. The van der Waals surface area contributed by atoms with Crippen molar-refractivity contribution in [1.82, 2.24) is 5.32 Å². The van der Waals surface area contributed by atoms with E-state index in [1.165, 1.54) is 7.11 Å². The van der Waals surface area contributed by atoms with Gasteiger partial charge in [0.05, 0.1) is 29.5 Å². The van der Waals surface area contributed by atoms with Crippen molar-refractivity contribution in [1.29, 1.82) is 5.26 Å². The number of carbonyl (C=O) groups excluding carboxylic acids is 2. The molecule has 0 saturated heterocycles. The third-order valence-electron chi connectivity index (χ3n) is 3.17. The van der Waals surface area contributed by atoms with Crippen LogP contribution in [0.5, 0.6) is 0 Å². The normalized spacial score (nSPS) is 17.7. The monoisotopic (exact) mass is 380 g/mol. The summed E-state index contributed by atoms with van der Waals surface area (Å²) in [6, 6.07) is 9.68. The van der Waals surface area contributed by atoms with E-state index in [4.69, 9.17) is 0 Å². The molecule has 1 aliphatic heterocycles. The van der Waals surface area contributed by atoms with Crippen LogP contribution in [0.25, 0.3) is 0 Å². The molecule has 1 N–H and O–H groups in total. The lowest BCUT2D eigenvalue weighted by Crippen LogP contribution is -2.31. The molecule has 0 spiro atoms. The maximum Gasteiger partial charge on any atom is 0.316 e. The number of nitrogens with zero attached hydrogens (tertiary/aromatic N) is 1. The first-order valence-corrected chi connectivity index (χ1v) is 8.22. The van der Waals surface area contributed by atoms with E-state index in [0.717, 1.165) is 21.8 Å². The summed E-state index contributed by atoms with van der Waals surface area (Å²) in [4.78, 5) is 23.2. The number of benzene rings is 1. The minimum atomic E-state index is -0.409. The SMILES string of the molecule is COC(=O)CSC1=C(C#N)[C@H](c2cccc(Br)c2)CC(=O)N1. The number of ether oxygens (including phenoxy) is 1. The van der Waals surface area contributed by atoms with Crippen LogP contribution in [0.4, 0.5) is 0 Å². The van der Waals surface area contributed by atoms with Crippen LogP contribution in [-0.2, 0) is 14.3 Å². The third kappa shape index (κ3) is 3.90.